The lowest BCUT2D eigenvalue weighted by atomic mass is 10.2. The second-order valence-corrected chi connectivity index (χ2v) is 4.13. The molecule has 0 atom stereocenters. The molecule has 2 heterocycles. The molecule has 0 unspecified atom stereocenters. The number of rotatable bonds is 5. The van der Waals surface area contributed by atoms with Crippen molar-refractivity contribution in [3.05, 3.63) is 48.2 Å². The number of aromatic amines is 1. The normalized spacial score (nSPS) is 11.1. The predicted octanol–water partition coefficient (Wildman–Crippen LogP) is 1.88. The van der Waals surface area contributed by atoms with E-state index in [1.54, 1.807) is 0 Å². The highest BCUT2D eigenvalue weighted by Gasteiger charge is 2.02. The summed E-state index contributed by atoms with van der Waals surface area (Å²) in [5.41, 5.74) is 2.45. The molecule has 2 aromatic heterocycles. The molecule has 1 aromatic carbocycles. The van der Waals surface area contributed by atoms with Crippen molar-refractivity contribution in [3.8, 4) is 0 Å². The van der Waals surface area contributed by atoms with Gasteiger partial charge in [-0.25, -0.2) is 0 Å². The Morgan fingerprint density at radius 1 is 1.28 bits per heavy atom. The van der Waals surface area contributed by atoms with Crippen LogP contribution in [0.5, 0.6) is 0 Å². The topological polar surface area (TPSA) is 66.7 Å². The molecule has 0 amide bonds. The average Bonchev–Trinajstić information content (AvgIpc) is 3.04. The molecular formula is C13H14N4O. The SMILES string of the molecule is c1ccc2c(CNCCc3ncon3)c[nH]c2c1. The number of hydrogen-bond donors (Lipinski definition) is 2. The molecule has 0 radical (unpaired) electrons. The number of benzene rings is 1. The van der Waals surface area contributed by atoms with Crippen molar-refractivity contribution in [2.75, 3.05) is 6.54 Å². The third-order valence-corrected chi connectivity index (χ3v) is 2.92. The summed E-state index contributed by atoms with van der Waals surface area (Å²) in [6.45, 7) is 1.67. The highest BCUT2D eigenvalue weighted by molar-refractivity contribution is 5.82. The summed E-state index contributed by atoms with van der Waals surface area (Å²) in [4.78, 5) is 7.24. The number of hydrogen-bond acceptors (Lipinski definition) is 4. The fourth-order valence-electron chi connectivity index (χ4n) is 2.00. The van der Waals surface area contributed by atoms with E-state index in [0.717, 1.165) is 25.3 Å². The first-order chi connectivity index (χ1) is 8.93. The lowest BCUT2D eigenvalue weighted by Crippen LogP contribution is -2.16. The van der Waals surface area contributed by atoms with Crippen LogP contribution in [-0.4, -0.2) is 21.7 Å². The number of nitrogens with zero attached hydrogens (tertiary/aromatic N) is 2. The van der Waals surface area contributed by atoms with Crippen molar-refractivity contribution in [2.45, 2.75) is 13.0 Å². The van der Waals surface area contributed by atoms with Crippen molar-refractivity contribution in [3.63, 3.8) is 0 Å². The summed E-state index contributed by atoms with van der Waals surface area (Å²) in [7, 11) is 0. The van der Waals surface area contributed by atoms with Gasteiger partial charge in [-0.05, 0) is 11.6 Å². The van der Waals surface area contributed by atoms with E-state index in [1.165, 1.54) is 22.9 Å². The Hall–Kier alpha value is -2.14. The summed E-state index contributed by atoms with van der Waals surface area (Å²) in [6, 6.07) is 8.30. The number of nitrogens with one attached hydrogen (secondary N) is 2. The molecule has 0 fully saturated rings. The second-order valence-electron chi connectivity index (χ2n) is 4.13. The summed E-state index contributed by atoms with van der Waals surface area (Å²) >= 11 is 0. The van der Waals surface area contributed by atoms with Crippen LogP contribution >= 0.6 is 0 Å². The first-order valence-electron chi connectivity index (χ1n) is 5.94. The quantitative estimate of drug-likeness (QED) is 0.670. The minimum absolute atomic E-state index is 0.737. The van der Waals surface area contributed by atoms with Crippen molar-refractivity contribution in [2.24, 2.45) is 0 Å². The molecular weight excluding hydrogens is 228 g/mol. The number of H-pyrrole nitrogens is 1. The molecule has 18 heavy (non-hydrogen) atoms. The predicted molar refractivity (Wildman–Crippen MR) is 68.0 cm³/mol. The van der Waals surface area contributed by atoms with Gasteiger partial charge in [0.25, 0.3) is 0 Å². The van der Waals surface area contributed by atoms with Gasteiger partial charge in [-0.3, -0.25) is 0 Å². The van der Waals surface area contributed by atoms with E-state index in [-0.39, 0.29) is 0 Å². The Kier molecular flexibility index (Phi) is 3.06. The van der Waals surface area contributed by atoms with Gasteiger partial charge in [0, 0.05) is 36.6 Å². The third-order valence-electron chi connectivity index (χ3n) is 2.92. The van der Waals surface area contributed by atoms with Gasteiger partial charge in [-0.15, -0.1) is 0 Å². The standard InChI is InChI=1S/C13H14N4O/c1-2-4-12-11(3-1)10(8-15-12)7-14-6-5-13-16-9-18-17-13/h1-4,8-9,14-15H,5-7H2. The maximum absolute atomic E-state index is 4.68. The zero-order valence-corrected chi connectivity index (χ0v) is 9.89. The summed E-state index contributed by atoms with van der Waals surface area (Å²) in [5.74, 6) is 0.737. The molecule has 92 valence electrons. The summed E-state index contributed by atoms with van der Waals surface area (Å²) in [5, 5.41) is 8.41. The number of fused-ring (bicyclic) bond motifs is 1. The Labute approximate surface area is 104 Å². The van der Waals surface area contributed by atoms with Crippen LogP contribution < -0.4 is 5.32 Å². The van der Waals surface area contributed by atoms with Crippen LogP contribution in [0.1, 0.15) is 11.4 Å². The van der Waals surface area contributed by atoms with Gasteiger partial charge in [0.1, 0.15) is 0 Å². The van der Waals surface area contributed by atoms with Crippen LogP contribution in [0.3, 0.4) is 0 Å². The lowest BCUT2D eigenvalue weighted by Gasteiger charge is -2.01. The molecule has 0 spiro atoms. The molecule has 5 nitrogen and oxygen atoms in total. The average molecular weight is 242 g/mol. The second kappa shape index (κ2) is 5.01. The Balaban J connectivity index is 1.57. The van der Waals surface area contributed by atoms with Crippen LogP contribution in [0.15, 0.2) is 41.4 Å². The molecule has 0 saturated carbocycles. The van der Waals surface area contributed by atoms with Gasteiger partial charge in [0.2, 0.25) is 6.39 Å². The monoisotopic (exact) mass is 242 g/mol. The van der Waals surface area contributed by atoms with Crippen LogP contribution in [0.2, 0.25) is 0 Å². The Morgan fingerprint density at radius 2 is 2.22 bits per heavy atom. The van der Waals surface area contributed by atoms with Gasteiger partial charge in [0.05, 0.1) is 0 Å². The zero-order valence-electron chi connectivity index (χ0n) is 9.89. The van der Waals surface area contributed by atoms with Crippen molar-refractivity contribution in [1.29, 1.82) is 0 Å². The third kappa shape index (κ3) is 2.26. The van der Waals surface area contributed by atoms with E-state index in [2.05, 4.69) is 43.2 Å². The highest BCUT2D eigenvalue weighted by atomic mass is 16.5. The van der Waals surface area contributed by atoms with E-state index in [0.29, 0.717) is 0 Å². The van der Waals surface area contributed by atoms with Crippen molar-refractivity contribution < 1.29 is 4.52 Å². The summed E-state index contributed by atoms with van der Waals surface area (Å²) in [6.07, 6.45) is 4.18. The number of aromatic nitrogens is 3. The maximum atomic E-state index is 4.68. The van der Waals surface area contributed by atoms with Crippen LogP contribution in [0, 0.1) is 0 Å². The molecule has 0 aliphatic heterocycles. The molecule has 0 saturated heterocycles. The number of para-hydroxylation sites is 1. The van der Waals surface area contributed by atoms with Gasteiger partial charge < -0.3 is 14.8 Å². The minimum Gasteiger partial charge on any atom is -0.361 e. The molecule has 2 N–H and O–H groups in total. The van der Waals surface area contributed by atoms with Gasteiger partial charge in [-0.1, -0.05) is 23.4 Å². The largest absolute Gasteiger partial charge is 0.361 e. The van der Waals surface area contributed by atoms with Crippen LogP contribution in [0.25, 0.3) is 10.9 Å². The smallest absolute Gasteiger partial charge is 0.213 e. The maximum Gasteiger partial charge on any atom is 0.213 e. The summed E-state index contributed by atoms with van der Waals surface area (Å²) < 4.78 is 4.68. The fourth-order valence-corrected chi connectivity index (χ4v) is 2.00. The van der Waals surface area contributed by atoms with Crippen molar-refractivity contribution in [1.82, 2.24) is 20.4 Å². The minimum atomic E-state index is 0.737. The van der Waals surface area contributed by atoms with Crippen LogP contribution in [-0.2, 0) is 13.0 Å². The Bertz CT molecular complexity index is 615. The molecule has 5 heteroatoms. The fraction of sp³-hybridized carbons (Fsp3) is 0.231. The first kappa shape index (κ1) is 11.0. The van der Waals surface area contributed by atoms with Gasteiger partial charge in [-0.2, -0.15) is 4.98 Å². The molecule has 3 rings (SSSR count). The van der Waals surface area contributed by atoms with Gasteiger partial charge in [0.15, 0.2) is 5.82 Å². The van der Waals surface area contributed by atoms with E-state index >= 15 is 0 Å². The van der Waals surface area contributed by atoms with E-state index < -0.39 is 0 Å². The molecule has 0 aliphatic carbocycles. The first-order valence-corrected chi connectivity index (χ1v) is 5.94. The molecule has 0 bridgehead atoms. The molecule has 0 aliphatic rings. The molecule has 3 aromatic rings. The zero-order chi connectivity index (χ0) is 12.2. The van der Waals surface area contributed by atoms with E-state index in [9.17, 15) is 0 Å². The van der Waals surface area contributed by atoms with E-state index in [1.807, 2.05) is 12.3 Å². The lowest BCUT2D eigenvalue weighted by molar-refractivity contribution is 0.409. The van der Waals surface area contributed by atoms with Crippen LogP contribution in [0.4, 0.5) is 0 Å². The highest BCUT2D eigenvalue weighted by Crippen LogP contribution is 2.17. The van der Waals surface area contributed by atoms with E-state index in [4.69, 9.17) is 0 Å². The van der Waals surface area contributed by atoms with Crippen molar-refractivity contribution >= 4 is 10.9 Å². The Morgan fingerprint density at radius 3 is 3.11 bits per heavy atom. The van der Waals surface area contributed by atoms with Gasteiger partial charge >= 0.3 is 0 Å².